The molecule has 0 radical (unpaired) electrons. The molecule has 1 aromatic rings. The fourth-order valence-corrected chi connectivity index (χ4v) is 3.85. The Morgan fingerprint density at radius 2 is 2.00 bits per heavy atom. The highest BCUT2D eigenvalue weighted by molar-refractivity contribution is 6.08. The lowest BCUT2D eigenvalue weighted by Crippen LogP contribution is -2.25. The highest BCUT2D eigenvalue weighted by atomic mass is 16.4. The summed E-state index contributed by atoms with van der Waals surface area (Å²) in [6, 6.07) is 4.66. The lowest BCUT2D eigenvalue weighted by atomic mass is 9.80. The molecule has 1 aromatic carbocycles. The third kappa shape index (κ3) is 4.98. The van der Waals surface area contributed by atoms with Gasteiger partial charge in [-0.25, -0.2) is 9.79 Å². The zero-order valence-corrected chi connectivity index (χ0v) is 19.1. The van der Waals surface area contributed by atoms with Gasteiger partial charge in [-0.05, 0) is 59.8 Å². The first-order chi connectivity index (χ1) is 13.4. The van der Waals surface area contributed by atoms with Crippen LogP contribution >= 0.6 is 0 Å². The number of nitrogens with zero attached hydrogens (tertiary/aromatic N) is 2. The van der Waals surface area contributed by atoms with Gasteiger partial charge in [0.2, 0.25) is 0 Å². The molecule has 0 atom stereocenters. The molecule has 0 unspecified atom stereocenters. The Kier molecular flexibility index (Phi) is 6.77. The molecule has 0 spiro atoms. The zero-order chi connectivity index (χ0) is 22.0. The number of hydrogen-bond acceptors (Lipinski definition) is 3. The number of carboxylic acid groups (broad SMARTS) is 1. The summed E-state index contributed by atoms with van der Waals surface area (Å²) < 4.78 is 0. The highest BCUT2D eigenvalue weighted by Crippen LogP contribution is 2.45. The van der Waals surface area contributed by atoms with Crippen LogP contribution in [-0.2, 0) is 22.0 Å². The van der Waals surface area contributed by atoms with Crippen LogP contribution in [0.3, 0.4) is 0 Å². The van der Waals surface area contributed by atoms with E-state index in [1.807, 2.05) is 0 Å². The molecular weight excluding hydrogens is 360 g/mol. The van der Waals surface area contributed by atoms with E-state index in [1.54, 1.807) is 13.0 Å². The molecule has 0 aliphatic heterocycles. The van der Waals surface area contributed by atoms with Crippen LogP contribution in [0.15, 0.2) is 41.2 Å². The maximum atomic E-state index is 11.3. The van der Waals surface area contributed by atoms with E-state index in [4.69, 9.17) is 0 Å². The number of benzene rings is 1. The fraction of sp³-hybridized carbons (Fsp3) is 0.520. The van der Waals surface area contributed by atoms with Gasteiger partial charge in [-0.15, -0.1) is 0 Å². The fourth-order valence-electron chi connectivity index (χ4n) is 3.85. The smallest absolute Gasteiger partial charge is 0.336 e. The van der Waals surface area contributed by atoms with Gasteiger partial charge in [0, 0.05) is 18.4 Å². The molecule has 1 aliphatic rings. The van der Waals surface area contributed by atoms with E-state index in [9.17, 15) is 9.90 Å². The molecule has 0 saturated heterocycles. The van der Waals surface area contributed by atoms with Gasteiger partial charge in [-0.2, -0.15) is 0 Å². The molecule has 0 amide bonds. The Labute approximate surface area is 176 Å². The predicted molar refractivity (Wildman–Crippen MR) is 123 cm³/mol. The van der Waals surface area contributed by atoms with Crippen LogP contribution in [0.25, 0.3) is 0 Å². The summed E-state index contributed by atoms with van der Waals surface area (Å²) in [5, 5.41) is 9.25. The SMILES string of the molecule is C=C(N=C/C(=C\C)C(=O)O)N(CCC)c1cc(C(C)(C)C)cc2c1CCC2(C)C. The van der Waals surface area contributed by atoms with Gasteiger partial charge in [-0.1, -0.05) is 60.3 Å². The first-order valence-corrected chi connectivity index (χ1v) is 10.5. The van der Waals surface area contributed by atoms with Gasteiger partial charge in [-0.3, -0.25) is 0 Å². The van der Waals surface area contributed by atoms with E-state index >= 15 is 0 Å². The second-order valence-electron chi connectivity index (χ2n) is 9.53. The van der Waals surface area contributed by atoms with Crippen molar-refractivity contribution in [2.45, 2.75) is 78.6 Å². The van der Waals surface area contributed by atoms with E-state index in [-0.39, 0.29) is 16.4 Å². The highest BCUT2D eigenvalue weighted by Gasteiger charge is 2.34. The Bertz CT molecular complexity index is 854. The summed E-state index contributed by atoms with van der Waals surface area (Å²) in [5.41, 5.74) is 5.60. The largest absolute Gasteiger partial charge is 0.478 e. The molecule has 0 bridgehead atoms. The van der Waals surface area contributed by atoms with E-state index in [2.05, 4.69) is 70.1 Å². The van der Waals surface area contributed by atoms with Crippen LogP contribution in [0.1, 0.15) is 78.0 Å². The molecule has 0 fully saturated rings. The van der Waals surface area contributed by atoms with Crippen molar-refractivity contribution in [3.8, 4) is 0 Å². The molecule has 1 aliphatic carbocycles. The lowest BCUT2D eigenvalue weighted by Gasteiger charge is -2.31. The standard InChI is InChI=1S/C25H36N2O2/c1-9-13-27(17(3)26-16-18(10-2)23(28)29)22-15-19(24(4,5)6)14-21-20(22)11-12-25(21,7)8/h10,14-16H,3,9,11-13H2,1-2,4-8H3,(H,28,29)/b18-10+,26-16?. The van der Waals surface area contributed by atoms with Crippen molar-refractivity contribution in [3.05, 3.63) is 52.9 Å². The summed E-state index contributed by atoms with van der Waals surface area (Å²) in [6.07, 6.45) is 6.05. The summed E-state index contributed by atoms with van der Waals surface area (Å²) in [5.74, 6) is -0.408. The van der Waals surface area contributed by atoms with Crippen LogP contribution in [-0.4, -0.2) is 23.8 Å². The predicted octanol–water partition coefficient (Wildman–Crippen LogP) is 6.00. The average Bonchev–Trinajstić information content (AvgIpc) is 2.93. The molecule has 158 valence electrons. The van der Waals surface area contributed by atoms with Crippen molar-refractivity contribution in [1.82, 2.24) is 0 Å². The van der Waals surface area contributed by atoms with Crippen molar-refractivity contribution in [2.24, 2.45) is 4.99 Å². The first kappa shape index (κ1) is 22.9. The third-order valence-corrected chi connectivity index (χ3v) is 5.78. The number of carbonyl (C=O) groups is 1. The second-order valence-corrected chi connectivity index (χ2v) is 9.53. The third-order valence-electron chi connectivity index (χ3n) is 5.78. The number of carboxylic acids is 1. The van der Waals surface area contributed by atoms with Crippen molar-refractivity contribution < 1.29 is 9.90 Å². The Morgan fingerprint density at radius 3 is 2.52 bits per heavy atom. The van der Waals surface area contributed by atoms with Crippen LogP contribution < -0.4 is 4.90 Å². The average molecular weight is 397 g/mol. The number of aliphatic carboxylic acids is 1. The van der Waals surface area contributed by atoms with Gasteiger partial charge in [0.15, 0.2) is 0 Å². The van der Waals surface area contributed by atoms with Gasteiger partial charge in [0.1, 0.15) is 5.82 Å². The van der Waals surface area contributed by atoms with E-state index in [0.717, 1.165) is 25.8 Å². The van der Waals surface area contributed by atoms with Crippen LogP contribution in [0.2, 0.25) is 0 Å². The summed E-state index contributed by atoms with van der Waals surface area (Å²) in [6.45, 7) is 20.1. The minimum atomic E-state index is -0.983. The molecule has 2 rings (SSSR count). The van der Waals surface area contributed by atoms with E-state index < -0.39 is 5.97 Å². The van der Waals surface area contributed by atoms with E-state index in [1.165, 1.54) is 28.6 Å². The van der Waals surface area contributed by atoms with Crippen molar-refractivity contribution in [2.75, 3.05) is 11.4 Å². The number of allylic oxidation sites excluding steroid dienone is 1. The second kappa shape index (κ2) is 8.56. The summed E-state index contributed by atoms with van der Waals surface area (Å²) >= 11 is 0. The quantitative estimate of drug-likeness (QED) is 0.454. The van der Waals surface area contributed by atoms with Gasteiger partial charge < -0.3 is 10.0 Å². The number of anilines is 1. The summed E-state index contributed by atoms with van der Waals surface area (Å²) in [4.78, 5) is 17.9. The molecule has 4 heteroatoms. The normalized spacial score (nSPS) is 16.2. The molecule has 0 heterocycles. The van der Waals surface area contributed by atoms with Gasteiger partial charge in [0.25, 0.3) is 0 Å². The molecular formula is C25H36N2O2. The van der Waals surface area contributed by atoms with Crippen LogP contribution in [0.5, 0.6) is 0 Å². The molecule has 1 N–H and O–H groups in total. The summed E-state index contributed by atoms with van der Waals surface area (Å²) in [7, 11) is 0. The van der Waals surface area contributed by atoms with Gasteiger partial charge >= 0.3 is 5.97 Å². The Morgan fingerprint density at radius 1 is 1.34 bits per heavy atom. The minimum Gasteiger partial charge on any atom is -0.478 e. The number of fused-ring (bicyclic) bond motifs is 1. The maximum absolute atomic E-state index is 11.3. The first-order valence-electron chi connectivity index (χ1n) is 10.5. The molecule has 4 nitrogen and oxygen atoms in total. The number of hydrogen-bond donors (Lipinski definition) is 1. The monoisotopic (exact) mass is 396 g/mol. The van der Waals surface area contributed by atoms with E-state index in [0.29, 0.717) is 5.82 Å². The van der Waals surface area contributed by atoms with Crippen molar-refractivity contribution >= 4 is 17.9 Å². The minimum absolute atomic E-state index is 0.0341. The number of rotatable bonds is 7. The lowest BCUT2D eigenvalue weighted by molar-refractivity contribution is -0.132. The van der Waals surface area contributed by atoms with Crippen LogP contribution in [0, 0.1) is 0 Å². The molecule has 29 heavy (non-hydrogen) atoms. The molecule has 0 aromatic heterocycles. The Hall–Kier alpha value is -2.36. The van der Waals surface area contributed by atoms with Crippen LogP contribution in [0.4, 0.5) is 5.69 Å². The van der Waals surface area contributed by atoms with Gasteiger partial charge in [0.05, 0.1) is 5.57 Å². The topological polar surface area (TPSA) is 52.9 Å². The van der Waals surface area contributed by atoms with Crippen molar-refractivity contribution in [3.63, 3.8) is 0 Å². The molecule has 0 saturated carbocycles. The zero-order valence-electron chi connectivity index (χ0n) is 19.1. The maximum Gasteiger partial charge on any atom is 0.336 e. The Balaban J connectivity index is 2.58. The van der Waals surface area contributed by atoms with Crippen molar-refractivity contribution in [1.29, 1.82) is 0 Å². The number of aliphatic imine (C=N–C) groups is 1.